The van der Waals surface area contributed by atoms with E-state index in [9.17, 15) is 9.59 Å². The minimum Gasteiger partial charge on any atom is -0.309 e. The zero-order chi connectivity index (χ0) is 17.7. The van der Waals surface area contributed by atoms with Crippen molar-refractivity contribution in [1.29, 1.82) is 0 Å². The first-order valence-corrected chi connectivity index (χ1v) is 8.56. The summed E-state index contributed by atoms with van der Waals surface area (Å²) in [5.74, 6) is -0.488. The van der Waals surface area contributed by atoms with Crippen molar-refractivity contribution >= 4 is 29.4 Å². The average molecular weight is 350 g/mol. The van der Waals surface area contributed by atoms with Crippen molar-refractivity contribution in [3.05, 3.63) is 40.6 Å². The molecule has 3 N–H and O–H groups in total. The second-order valence-electron chi connectivity index (χ2n) is 6.17. The molecule has 6 heteroatoms. The van der Waals surface area contributed by atoms with E-state index in [-0.39, 0.29) is 11.8 Å². The molecule has 0 radical (unpaired) electrons. The van der Waals surface area contributed by atoms with E-state index < -0.39 is 5.92 Å². The second kappa shape index (κ2) is 8.31. The third kappa shape index (κ3) is 3.97. The normalized spacial score (nSPS) is 23.5. The first kappa shape index (κ1) is 18.5. The molecule has 0 bridgehead atoms. The number of nitrogens with one attached hydrogen (secondary N) is 3. The van der Waals surface area contributed by atoms with Gasteiger partial charge in [-0.1, -0.05) is 44.0 Å². The smallest absolute Gasteiger partial charge is 0.203 e. The summed E-state index contributed by atoms with van der Waals surface area (Å²) in [5.41, 5.74) is 8.66. The molecule has 0 spiro atoms. The highest BCUT2D eigenvalue weighted by Gasteiger charge is 2.39. The Bertz CT molecular complexity index is 645. The Hall–Kier alpha value is -1.85. The van der Waals surface area contributed by atoms with E-state index in [4.69, 9.17) is 11.6 Å². The number of para-hydroxylation sites is 1. The zero-order valence-electron chi connectivity index (χ0n) is 14.2. The number of allylic oxidation sites excluding steroid dienone is 1. The lowest BCUT2D eigenvalue weighted by Crippen LogP contribution is -2.38. The van der Waals surface area contributed by atoms with Gasteiger partial charge in [0.05, 0.1) is 16.6 Å². The van der Waals surface area contributed by atoms with Crippen LogP contribution in [-0.4, -0.2) is 24.7 Å². The number of carbonyl (C=O) groups is 2. The van der Waals surface area contributed by atoms with Crippen LogP contribution in [0.3, 0.4) is 0 Å². The molecule has 1 heterocycles. The van der Waals surface area contributed by atoms with E-state index in [0.717, 1.165) is 23.4 Å². The van der Waals surface area contributed by atoms with Gasteiger partial charge in [0.2, 0.25) is 5.78 Å². The summed E-state index contributed by atoms with van der Waals surface area (Å²) >= 11 is 6.12. The number of hydrogen-bond donors (Lipinski definition) is 3. The maximum atomic E-state index is 12.2. The molecular weight excluding hydrogens is 326 g/mol. The number of rotatable bonds is 7. The summed E-state index contributed by atoms with van der Waals surface area (Å²) in [6, 6.07) is 7.38. The number of ketones is 1. The molecule has 130 valence electrons. The van der Waals surface area contributed by atoms with Crippen molar-refractivity contribution in [2.75, 3.05) is 12.0 Å². The number of Topliss-reactive ketones (excluding diaryl/α,β-unsaturated/α-hetero) is 1. The van der Waals surface area contributed by atoms with Gasteiger partial charge in [-0.2, -0.15) is 0 Å². The van der Waals surface area contributed by atoms with Crippen LogP contribution in [-0.2, 0) is 9.59 Å². The van der Waals surface area contributed by atoms with Gasteiger partial charge in [0.15, 0.2) is 6.29 Å². The van der Waals surface area contributed by atoms with Crippen LogP contribution in [0.15, 0.2) is 35.5 Å². The van der Waals surface area contributed by atoms with Gasteiger partial charge in [-0.15, -0.1) is 0 Å². The van der Waals surface area contributed by atoms with Crippen molar-refractivity contribution < 1.29 is 9.59 Å². The summed E-state index contributed by atoms with van der Waals surface area (Å²) < 4.78 is 0. The third-order valence-corrected chi connectivity index (χ3v) is 5.01. The molecule has 1 aliphatic heterocycles. The third-order valence-electron chi connectivity index (χ3n) is 4.68. The van der Waals surface area contributed by atoms with Crippen LogP contribution in [0.25, 0.3) is 0 Å². The fraction of sp³-hybridized carbons (Fsp3) is 0.444. The van der Waals surface area contributed by atoms with E-state index in [1.54, 1.807) is 6.07 Å². The molecule has 1 aromatic rings. The summed E-state index contributed by atoms with van der Waals surface area (Å²) in [6.45, 7) is 6.66. The fourth-order valence-corrected chi connectivity index (χ4v) is 3.23. The van der Waals surface area contributed by atoms with Crippen LogP contribution >= 0.6 is 11.6 Å². The Morgan fingerprint density at radius 3 is 2.79 bits per heavy atom. The van der Waals surface area contributed by atoms with Gasteiger partial charge < -0.3 is 10.7 Å². The highest BCUT2D eigenvalue weighted by molar-refractivity contribution is 6.33. The minimum atomic E-state index is -0.419. The Balaban J connectivity index is 2.20. The van der Waals surface area contributed by atoms with E-state index in [0.29, 0.717) is 23.8 Å². The van der Waals surface area contributed by atoms with Crippen molar-refractivity contribution in [2.45, 2.75) is 33.2 Å². The molecule has 0 saturated carbocycles. The van der Waals surface area contributed by atoms with Gasteiger partial charge in [-0.25, -0.2) is 0 Å². The van der Waals surface area contributed by atoms with Crippen LogP contribution in [0, 0.1) is 11.8 Å². The molecular formula is C18H24ClN3O2. The predicted octanol–water partition coefficient (Wildman–Crippen LogP) is 2.93. The predicted molar refractivity (Wildman–Crippen MR) is 96.7 cm³/mol. The number of hydrogen-bond acceptors (Lipinski definition) is 5. The first-order chi connectivity index (χ1) is 11.5. The molecule has 0 amide bonds. The van der Waals surface area contributed by atoms with Crippen LogP contribution in [0.5, 0.6) is 0 Å². The monoisotopic (exact) mass is 349 g/mol. The lowest BCUT2D eigenvalue weighted by Gasteiger charge is -2.24. The van der Waals surface area contributed by atoms with E-state index >= 15 is 0 Å². The highest BCUT2D eigenvalue weighted by atomic mass is 35.5. The molecule has 3 unspecified atom stereocenters. The fourth-order valence-electron chi connectivity index (χ4n) is 3.05. The topological polar surface area (TPSA) is 70.2 Å². The van der Waals surface area contributed by atoms with Gasteiger partial charge >= 0.3 is 0 Å². The Kier molecular flexibility index (Phi) is 6.40. The standard InChI is InChI=1S/C18H24ClN3O2/c1-4-11(2)18-17(16(24)10-23)13(9-20-18)12(3)21-22-15-8-6-5-7-14(15)19/h5-8,10-11,17-18,20-22H,4,9H2,1-3H3. The number of aldehydes is 1. The number of carbonyl (C=O) groups excluding carboxylic acids is 2. The SMILES string of the molecule is CCC(C)C1NCC(=C(C)NNc2ccccc2Cl)C1C(=O)C=O. The van der Waals surface area contributed by atoms with Crippen LogP contribution in [0.1, 0.15) is 27.2 Å². The Morgan fingerprint density at radius 2 is 2.17 bits per heavy atom. The number of hydrazine groups is 1. The summed E-state index contributed by atoms with van der Waals surface area (Å²) in [4.78, 5) is 23.3. The number of halogens is 1. The summed E-state index contributed by atoms with van der Waals surface area (Å²) in [5, 5.41) is 3.98. The second-order valence-corrected chi connectivity index (χ2v) is 6.58. The molecule has 0 aliphatic carbocycles. The van der Waals surface area contributed by atoms with Crippen LogP contribution < -0.4 is 16.2 Å². The molecule has 1 saturated heterocycles. The quantitative estimate of drug-likeness (QED) is 0.401. The van der Waals surface area contributed by atoms with E-state index in [1.165, 1.54) is 0 Å². The van der Waals surface area contributed by atoms with Crippen LogP contribution in [0.2, 0.25) is 5.02 Å². The van der Waals surface area contributed by atoms with Gasteiger partial charge in [-0.05, 0) is 30.5 Å². The molecule has 3 atom stereocenters. The molecule has 5 nitrogen and oxygen atoms in total. The molecule has 24 heavy (non-hydrogen) atoms. The van der Waals surface area contributed by atoms with Gasteiger partial charge in [0.1, 0.15) is 0 Å². The number of benzene rings is 1. The maximum Gasteiger partial charge on any atom is 0.203 e. The maximum absolute atomic E-state index is 12.2. The van der Waals surface area contributed by atoms with Crippen molar-refractivity contribution in [1.82, 2.24) is 10.7 Å². The highest BCUT2D eigenvalue weighted by Crippen LogP contribution is 2.30. The van der Waals surface area contributed by atoms with E-state index in [2.05, 4.69) is 30.0 Å². The molecule has 1 fully saturated rings. The van der Waals surface area contributed by atoms with Crippen molar-refractivity contribution in [2.24, 2.45) is 11.8 Å². The van der Waals surface area contributed by atoms with Gasteiger partial charge in [-0.3, -0.25) is 15.0 Å². The largest absolute Gasteiger partial charge is 0.309 e. The molecule has 1 aliphatic rings. The van der Waals surface area contributed by atoms with E-state index in [1.807, 2.05) is 25.1 Å². The first-order valence-electron chi connectivity index (χ1n) is 8.18. The van der Waals surface area contributed by atoms with Gasteiger partial charge in [0.25, 0.3) is 0 Å². The summed E-state index contributed by atoms with van der Waals surface area (Å²) in [6.07, 6.45) is 1.37. The Morgan fingerprint density at radius 1 is 1.46 bits per heavy atom. The lowest BCUT2D eigenvalue weighted by atomic mass is 9.83. The zero-order valence-corrected chi connectivity index (χ0v) is 15.0. The molecule has 0 aromatic heterocycles. The lowest BCUT2D eigenvalue weighted by molar-refractivity contribution is -0.132. The van der Waals surface area contributed by atoms with Crippen molar-refractivity contribution in [3.63, 3.8) is 0 Å². The van der Waals surface area contributed by atoms with Crippen LogP contribution in [0.4, 0.5) is 5.69 Å². The Labute approximate surface area is 147 Å². The molecule has 1 aromatic carbocycles. The van der Waals surface area contributed by atoms with Gasteiger partial charge in [0, 0.05) is 18.3 Å². The molecule has 2 rings (SSSR count). The average Bonchev–Trinajstić information content (AvgIpc) is 3.04. The van der Waals surface area contributed by atoms with Crippen molar-refractivity contribution in [3.8, 4) is 0 Å². The number of anilines is 1. The minimum absolute atomic E-state index is 0.0141. The summed E-state index contributed by atoms with van der Waals surface area (Å²) in [7, 11) is 0.